The summed E-state index contributed by atoms with van der Waals surface area (Å²) < 4.78 is 11.2. The Morgan fingerprint density at radius 3 is 2.26 bits per heavy atom. The summed E-state index contributed by atoms with van der Waals surface area (Å²) in [6.07, 6.45) is 1.51. The third kappa shape index (κ3) is 5.66. The quantitative estimate of drug-likeness (QED) is 0.521. The highest BCUT2D eigenvalue weighted by atomic mass is 16.5. The zero-order valence-electron chi connectivity index (χ0n) is 20.3. The van der Waals surface area contributed by atoms with Crippen molar-refractivity contribution in [3.8, 4) is 5.75 Å². The fraction of sp³-hybridized carbons (Fsp3) is 0.407. The van der Waals surface area contributed by atoms with E-state index in [9.17, 15) is 4.79 Å². The minimum atomic E-state index is -0.0413. The van der Waals surface area contributed by atoms with Gasteiger partial charge in [0.25, 0.3) is 5.91 Å². The predicted octanol–water partition coefficient (Wildman–Crippen LogP) is 2.96. The molecule has 0 atom stereocenters. The summed E-state index contributed by atoms with van der Waals surface area (Å²) in [6, 6.07) is 18.6. The van der Waals surface area contributed by atoms with Gasteiger partial charge in [-0.05, 0) is 17.7 Å². The van der Waals surface area contributed by atoms with Crippen molar-refractivity contribution in [3.63, 3.8) is 0 Å². The van der Waals surface area contributed by atoms with Crippen LogP contribution in [-0.2, 0) is 13.1 Å². The lowest BCUT2D eigenvalue weighted by atomic mass is 10.2. The molecule has 2 aliphatic heterocycles. The van der Waals surface area contributed by atoms with Crippen LogP contribution in [-0.4, -0.2) is 85.1 Å². The number of anilines is 1. The van der Waals surface area contributed by atoms with Crippen molar-refractivity contribution >= 4 is 11.6 Å². The van der Waals surface area contributed by atoms with Gasteiger partial charge in [-0.3, -0.25) is 14.6 Å². The first-order chi connectivity index (χ1) is 17.2. The molecular formula is C27H33N5O3. The summed E-state index contributed by atoms with van der Waals surface area (Å²) in [5, 5.41) is 0. The number of methoxy groups -OCH3 is 1. The number of oxazole rings is 1. The molecule has 5 rings (SSSR count). The van der Waals surface area contributed by atoms with Crippen molar-refractivity contribution in [3.05, 3.63) is 78.0 Å². The van der Waals surface area contributed by atoms with E-state index in [2.05, 4.69) is 50.0 Å². The second-order valence-corrected chi connectivity index (χ2v) is 9.12. The van der Waals surface area contributed by atoms with E-state index >= 15 is 0 Å². The van der Waals surface area contributed by atoms with Gasteiger partial charge >= 0.3 is 0 Å². The maximum atomic E-state index is 13.0. The highest BCUT2D eigenvalue weighted by molar-refractivity contribution is 5.92. The molecule has 3 aromatic rings. The Bertz CT molecular complexity index is 1100. The molecular weight excluding hydrogens is 442 g/mol. The molecule has 35 heavy (non-hydrogen) atoms. The molecule has 2 aliphatic rings. The molecule has 2 fully saturated rings. The monoisotopic (exact) mass is 475 g/mol. The van der Waals surface area contributed by atoms with Gasteiger partial charge in [0.1, 0.15) is 12.0 Å². The minimum absolute atomic E-state index is 0.0413. The number of carbonyl (C=O) groups is 1. The van der Waals surface area contributed by atoms with Crippen LogP contribution in [0.3, 0.4) is 0 Å². The summed E-state index contributed by atoms with van der Waals surface area (Å²) in [5.41, 5.74) is 2.84. The molecule has 0 spiro atoms. The van der Waals surface area contributed by atoms with E-state index in [-0.39, 0.29) is 5.91 Å². The Kier molecular flexibility index (Phi) is 7.30. The van der Waals surface area contributed by atoms with Gasteiger partial charge in [0.05, 0.1) is 19.3 Å². The number of piperazine rings is 2. The number of hydrogen-bond acceptors (Lipinski definition) is 7. The molecule has 1 aromatic heterocycles. The van der Waals surface area contributed by atoms with Crippen molar-refractivity contribution < 1.29 is 13.9 Å². The third-order valence-electron chi connectivity index (χ3n) is 6.84. The largest absolute Gasteiger partial charge is 0.495 e. The zero-order chi connectivity index (χ0) is 24.0. The van der Waals surface area contributed by atoms with Gasteiger partial charge in [0.2, 0.25) is 5.89 Å². The van der Waals surface area contributed by atoms with Gasteiger partial charge in [-0.15, -0.1) is 0 Å². The number of ether oxygens (including phenoxy) is 1. The van der Waals surface area contributed by atoms with Crippen molar-refractivity contribution in [2.75, 3.05) is 64.4 Å². The number of carbonyl (C=O) groups excluding carboxylic acids is 1. The smallest absolute Gasteiger partial charge is 0.275 e. The van der Waals surface area contributed by atoms with E-state index in [1.807, 2.05) is 29.2 Å². The predicted molar refractivity (Wildman–Crippen MR) is 135 cm³/mol. The maximum Gasteiger partial charge on any atom is 0.275 e. The fourth-order valence-corrected chi connectivity index (χ4v) is 4.82. The Morgan fingerprint density at radius 1 is 0.857 bits per heavy atom. The number of nitrogens with zero attached hydrogens (tertiary/aromatic N) is 5. The number of hydrogen-bond donors (Lipinski definition) is 0. The molecule has 0 aliphatic carbocycles. The number of rotatable bonds is 7. The number of para-hydroxylation sites is 2. The van der Waals surface area contributed by atoms with Gasteiger partial charge in [-0.25, -0.2) is 4.98 Å². The molecule has 3 heterocycles. The Labute approximate surface area is 206 Å². The summed E-state index contributed by atoms with van der Waals surface area (Å²) >= 11 is 0. The lowest BCUT2D eigenvalue weighted by Gasteiger charge is -2.36. The van der Waals surface area contributed by atoms with E-state index in [4.69, 9.17) is 9.15 Å². The summed E-state index contributed by atoms with van der Waals surface area (Å²) in [6.45, 7) is 8.26. The van der Waals surface area contributed by atoms with Gasteiger partial charge < -0.3 is 19.0 Å². The van der Waals surface area contributed by atoms with Crippen LogP contribution in [0.2, 0.25) is 0 Å². The van der Waals surface area contributed by atoms with Crippen LogP contribution < -0.4 is 9.64 Å². The summed E-state index contributed by atoms with van der Waals surface area (Å²) in [7, 11) is 1.71. The first-order valence-electron chi connectivity index (χ1n) is 12.3. The van der Waals surface area contributed by atoms with Crippen molar-refractivity contribution in [1.29, 1.82) is 0 Å². The van der Waals surface area contributed by atoms with Crippen LogP contribution in [0.1, 0.15) is 21.9 Å². The van der Waals surface area contributed by atoms with Crippen LogP contribution in [0.25, 0.3) is 0 Å². The highest BCUT2D eigenvalue weighted by Crippen LogP contribution is 2.28. The van der Waals surface area contributed by atoms with Gasteiger partial charge in [0, 0.05) is 58.9 Å². The maximum absolute atomic E-state index is 13.0. The van der Waals surface area contributed by atoms with Crippen LogP contribution in [0.15, 0.2) is 65.3 Å². The molecule has 0 saturated carbocycles. The Balaban J connectivity index is 1.09. The zero-order valence-corrected chi connectivity index (χ0v) is 20.3. The van der Waals surface area contributed by atoms with Crippen molar-refractivity contribution in [2.45, 2.75) is 13.1 Å². The molecule has 0 unspecified atom stereocenters. The highest BCUT2D eigenvalue weighted by Gasteiger charge is 2.26. The van der Waals surface area contributed by atoms with Crippen LogP contribution in [0.4, 0.5) is 5.69 Å². The van der Waals surface area contributed by atoms with Gasteiger partial charge in [-0.2, -0.15) is 0 Å². The van der Waals surface area contributed by atoms with E-state index in [0.29, 0.717) is 31.2 Å². The summed E-state index contributed by atoms with van der Waals surface area (Å²) in [5.74, 6) is 1.46. The van der Waals surface area contributed by atoms with Crippen molar-refractivity contribution in [2.24, 2.45) is 0 Å². The number of benzene rings is 2. The van der Waals surface area contributed by atoms with Crippen LogP contribution in [0, 0.1) is 0 Å². The van der Waals surface area contributed by atoms with Crippen molar-refractivity contribution in [1.82, 2.24) is 19.7 Å². The van der Waals surface area contributed by atoms with E-state index < -0.39 is 0 Å². The second kappa shape index (κ2) is 10.9. The van der Waals surface area contributed by atoms with E-state index in [1.165, 1.54) is 11.8 Å². The lowest BCUT2D eigenvalue weighted by Crippen LogP contribution is -2.48. The Hall–Kier alpha value is -3.36. The average molecular weight is 476 g/mol. The van der Waals surface area contributed by atoms with Gasteiger partial charge in [0.15, 0.2) is 5.69 Å². The first kappa shape index (κ1) is 23.4. The molecule has 0 radical (unpaired) electrons. The topological polar surface area (TPSA) is 65.3 Å². The SMILES string of the molecule is COc1ccccc1N1CCN(Cc2nc(C(=O)N3CCN(Cc4ccccc4)CC3)co2)CC1. The molecule has 8 nitrogen and oxygen atoms in total. The van der Waals surface area contributed by atoms with E-state index in [0.717, 1.165) is 57.3 Å². The fourth-order valence-electron chi connectivity index (χ4n) is 4.82. The molecule has 0 N–H and O–H groups in total. The minimum Gasteiger partial charge on any atom is -0.495 e. The van der Waals surface area contributed by atoms with E-state index in [1.54, 1.807) is 7.11 Å². The van der Waals surface area contributed by atoms with Gasteiger partial charge in [-0.1, -0.05) is 42.5 Å². The molecule has 0 bridgehead atoms. The van der Waals surface area contributed by atoms with Crippen LogP contribution >= 0.6 is 0 Å². The standard InChI is InChI=1S/C27H33N5O3/c1-34-25-10-6-5-9-24(25)31-15-11-30(12-16-31)20-26-28-23(21-35-26)27(33)32-17-13-29(14-18-32)19-22-7-3-2-4-8-22/h2-10,21H,11-20H2,1H3. The average Bonchev–Trinajstić information content (AvgIpc) is 3.38. The molecule has 2 saturated heterocycles. The Morgan fingerprint density at radius 2 is 1.51 bits per heavy atom. The third-order valence-corrected chi connectivity index (χ3v) is 6.84. The summed E-state index contributed by atoms with van der Waals surface area (Å²) in [4.78, 5) is 26.4. The van der Waals surface area contributed by atoms with Crippen LogP contribution in [0.5, 0.6) is 5.75 Å². The molecule has 184 valence electrons. The molecule has 1 amide bonds. The number of amides is 1. The molecule has 8 heteroatoms. The molecule has 2 aromatic carbocycles. The number of aromatic nitrogens is 1. The second-order valence-electron chi connectivity index (χ2n) is 9.12. The normalized spacial score (nSPS) is 17.5. The first-order valence-corrected chi connectivity index (χ1v) is 12.3. The lowest BCUT2D eigenvalue weighted by molar-refractivity contribution is 0.0622.